The van der Waals surface area contributed by atoms with E-state index in [0.29, 0.717) is 37.0 Å². The molecule has 2 N–H and O–H groups in total. The molecule has 33 heavy (non-hydrogen) atoms. The molecule has 172 valence electrons. The Labute approximate surface area is 190 Å². The van der Waals surface area contributed by atoms with E-state index in [1.54, 1.807) is 31.1 Å². The van der Waals surface area contributed by atoms with Gasteiger partial charge in [-0.25, -0.2) is 18.9 Å². The van der Waals surface area contributed by atoms with Crippen LogP contribution in [0.2, 0.25) is 0 Å². The van der Waals surface area contributed by atoms with E-state index < -0.39 is 6.17 Å². The summed E-state index contributed by atoms with van der Waals surface area (Å²) in [4.78, 5) is 19.9. The van der Waals surface area contributed by atoms with Gasteiger partial charge in [0.2, 0.25) is 5.95 Å². The van der Waals surface area contributed by atoms with Crippen LogP contribution in [-0.4, -0.2) is 87.1 Å². The number of alkyl halides is 1. The van der Waals surface area contributed by atoms with Crippen molar-refractivity contribution in [2.75, 3.05) is 51.0 Å². The molecule has 0 bridgehead atoms. The molecule has 1 aliphatic heterocycles. The Morgan fingerprint density at radius 1 is 1.18 bits per heavy atom. The minimum absolute atomic E-state index is 0.346. The first-order valence-electron chi connectivity index (χ1n) is 10.9. The van der Waals surface area contributed by atoms with Crippen molar-refractivity contribution in [1.29, 1.82) is 0 Å². The monoisotopic (exact) mass is 451 g/mol. The highest BCUT2D eigenvalue weighted by Crippen LogP contribution is 2.30. The minimum atomic E-state index is -1.02. The number of anilines is 2. The number of methoxy groups -OCH3 is 1. The minimum Gasteiger partial charge on any atom is -0.383 e. The molecule has 5 rings (SSSR count). The summed E-state index contributed by atoms with van der Waals surface area (Å²) in [5, 5.41) is 10.9. The zero-order chi connectivity index (χ0) is 22.8. The van der Waals surface area contributed by atoms with Gasteiger partial charge in [0.25, 0.3) is 0 Å². The van der Waals surface area contributed by atoms with Gasteiger partial charge in [-0.2, -0.15) is 4.98 Å². The van der Waals surface area contributed by atoms with Gasteiger partial charge in [0.05, 0.1) is 18.3 Å². The largest absolute Gasteiger partial charge is 0.383 e. The van der Waals surface area contributed by atoms with Crippen molar-refractivity contribution in [1.82, 2.24) is 34.4 Å². The first kappa shape index (κ1) is 21.4. The highest BCUT2D eigenvalue weighted by atomic mass is 19.1. The van der Waals surface area contributed by atoms with Crippen molar-refractivity contribution in [2.45, 2.75) is 18.6 Å². The molecular formula is C22H26FN9O. The third-order valence-electron chi connectivity index (χ3n) is 5.91. The van der Waals surface area contributed by atoms with Crippen LogP contribution in [-0.2, 0) is 4.74 Å². The molecular weight excluding hydrogens is 425 g/mol. The molecule has 0 unspecified atom stereocenters. The summed E-state index contributed by atoms with van der Waals surface area (Å²) in [6.45, 7) is 2.50. The second kappa shape index (κ2) is 9.20. The maximum Gasteiger partial charge on any atom is 0.243 e. The number of nitrogens with zero attached hydrogens (tertiary/aromatic N) is 7. The van der Waals surface area contributed by atoms with Gasteiger partial charge < -0.3 is 15.4 Å². The summed E-state index contributed by atoms with van der Waals surface area (Å²) in [6, 6.07) is 5.39. The molecule has 1 aliphatic rings. The second-order valence-corrected chi connectivity index (χ2v) is 8.00. The summed E-state index contributed by atoms with van der Waals surface area (Å²) in [5.74, 6) is 1.01. The lowest BCUT2D eigenvalue weighted by molar-refractivity contribution is 0.0918. The lowest BCUT2D eigenvalue weighted by Crippen LogP contribution is -2.48. The van der Waals surface area contributed by atoms with E-state index in [1.165, 1.54) is 0 Å². The van der Waals surface area contributed by atoms with Crippen LogP contribution in [0.5, 0.6) is 0 Å². The quantitative estimate of drug-likeness (QED) is 0.438. The Morgan fingerprint density at radius 3 is 2.88 bits per heavy atom. The van der Waals surface area contributed by atoms with Crippen LogP contribution in [0.25, 0.3) is 27.9 Å². The molecule has 4 aromatic rings. The number of fused-ring (bicyclic) bond motifs is 2. The van der Waals surface area contributed by atoms with E-state index in [9.17, 15) is 4.39 Å². The lowest BCUT2D eigenvalue weighted by Gasteiger charge is -2.34. The van der Waals surface area contributed by atoms with Gasteiger partial charge in [0, 0.05) is 57.9 Å². The normalized spacial score (nSPS) is 19.2. The molecule has 1 fully saturated rings. The molecule has 11 heteroatoms. The van der Waals surface area contributed by atoms with Crippen molar-refractivity contribution < 1.29 is 9.13 Å². The van der Waals surface area contributed by atoms with Crippen LogP contribution < -0.4 is 10.6 Å². The SMILES string of the molecule is CNc1nc(N[C@H]2CCN(CCOC)C[C@@H]2F)nn2ccc(-c3ccc4nccnc4n3)c12. The van der Waals surface area contributed by atoms with Crippen molar-refractivity contribution >= 4 is 28.4 Å². The molecule has 0 aromatic carbocycles. The topological polar surface area (TPSA) is 105 Å². The van der Waals surface area contributed by atoms with Crippen molar-refractivity contribution in [3.63, 3.8) is 0 Å². The summed E-state index contributed by atoms with van der Waals surface area (Å²) < 4.78 is 21.7. The fraction of sp³-hybridized carbons (Fsp3) is 0.409. The second-order valence-electron chi connectivity index (χ2n) is 8.00. The van der Waals surface area contributed by atoms with Gasteiger partial charge in [-0.05, 0) is 24.6 Å². The van der Waals surface area contributed by atoms with E-state index in [0.717, 1.165) is 35.4 Å². The van der Waals surface area contributed by atoms with E-state index in [-0.39, 0.29) is 6.04 Å². The number of piperidine rings is 1. The molecule has 0 radical (unpaired) electrons. The number of halogens is 1. The summed E-state index contributed by atoms with van der Waals surface area (Å²) >= 11 is 0. The molecule has 0 saturated carbocycles. The predicted octanol–water partition coefficient (Wildman–Crippen LogP) is 2.25. The zero-order valence-corrected chi connectivity index (χ0v) is 18.6. The summed E-state index contributed by atoms with van der Waals surface area (Å²) in [6.07, 6.45) is 4.76. The van der Waals surface area contributed by atoms with Crippen molar-refractivity contribution in [3.8, 4) is 11.3 Å². The van der Waals surface area contributed by atoms with Gasteiger partial charge in [-0.15, -0.1) is 5.10 Å². The molecule has 0 spiro atoms. The Hall–Kier alpha value is -3.44. The maximum atomic E-state index is 14.8. The lowest BCUT2D eigenvalue weighted by atomic mass is 10.0. The Balaban J connectivity index is 1.41. The smallest absolute Gasteiger partial charge is 0.243 e. The van der Waals surface area contributed by atoms with Gasteiger partial charge in [-0.1, -0.05) is 0 Å². The molecule has 4 aromatic heterocycles. The molecule has 1 saturated heterocycles. The fourth-order valence-corrected chi connectivity index (χ4v) is 4.19. The van der Waals surface area contributed by atoms with Crippen LogP contribution in [0.3, 0.4) is 0 Å². The first-order chi connectivity index (χ1) is 16.2. The molecule has 2 atom stereocenters. The number of pyridine rings is 1. The van der Waals surface area contributed by atoms with E-state index in [4.69, 9.17) is 4.74 Å². The van der Waals surface area contributed by atoms with E-state index in [1.807, 2.05) is 24.4 Å². The van der Waals surface area contributed by atoms with E-state index in [2.05, 4.69) is 40.6 Å². The number of rotatable bonds is 7. The van der Waals surface area contributed by atoms with E-state index >= 15 is 0 Å². The fourth-order valence-electron chi connectivity index (χ4n) is 4.19. The van der Waals surface area contributed by atoms with Crippen LogP contribution in [0.4, 0.5) is 16.2 Å². The molecule has 0 amide bonds. The average Bonchev–Trinajstić information content (AvgIpc) is 3.27. The van der Waals surface area contributed by atoms with Gasteiger partial charge >= 0.3 is 0 Å². The maximum absolute atomic E-state index is 14.8. The number of nitrogens with one attached hydrogen (secondary N) is 2. The Bertz CT molecular complexity index is 1260. The van der Waals surface area contributed by atoms with Crippen LogP contribution in [0.1, 0.15) is 6.42 Å². The number of ether oxygens (including phenoxy) is 1. The van der Waals surface area contributed by atoms with Crippen LogP contribution in [0.15, 0.2) is 36.8 Å². The predicted molar refractivity (Wildman–Crippen MR) is 124 cm³/mol. The van der Waals surface area contributed by atoms with Crippen molar-refractivity contribution in [2.24, 2.45) is 0 Å². The Kier molecular flexibility index (Phi) is 5.97. The number of aromatic nitrogens is 6. The third-order valence-corrected chi connectivity index (χ3v) is 5.91. The molecule has 5 heterocycles. The standard InChI is InChI=1S/C22H26FN9O/c1-24-21-19-14(16-3-4-18-20(27-16)26-8-7-25-18)5-10-32(19)30-22(29-21)28-17-6-9-31(11-12-33-2)13-15(17)23/h3-5,7-8,10,15,17H,6,9,11-13H2,1-2H3,(H2,24,28,29,30)/t15-,17-/m0/s1. The molecule has 0 aliphatic carbocycles. The van der Waals surface area contributed by atoms with Gasteiger partial charge in [0.15, 0.2) is 11.5 Å². The zero-order valence-electron chi connectivity index (χ0n) is 18.6. The highest BCUT2D eigenvalue weighted by molar-refractivity contribution is 5.89. The van der Waals surface area contributed by atoms with Crippen molar-refractivity contribution in [3.05, 3.63) is 36.8 Å². The average molecular weight is 452 g/mol. The number of hydrogen-bond acceptors (Lipinski definition) is 9. The number of hydrogen-bond donors (Lipinski definition) is 2. The van der Waals surface area contributed by atoms with Gasteiger partial charge in [-0.3, -0.25) is 9.88 Å². The van der Waals surface area contributed by atoms with Gasteiger partial charge in [0.1, 0.15) is 17.2 Å². The Morgan fingerprint density at radius 2 is 2.06 bits per heavy atom. The first-order valence-corrected chi connectivity index (χ1v) is 10.9. The summed E-state index contributed by atoms with van der Waals surface area (Å²) in [5.41, 5.74) is 3.71. The van der Waals surface area contributed by atoms with Crippen LogP contribution >= 0.6 is 0 Å². The molecule has 10 nitrogen and oxygen atoms in total. The summed E-state index contributed by atoms with van der Waals surface area (Å²) in [7, 11) is 3.46. The third kappa shape index (κ3) is 4.29. The van der Waals surface area contributed by atoms with Crippen LogP contribution in [0, 0.1) is 0 Å². The number of likely N-dealkylation sites (tertiary alicyclic amines) is 1. The highest BCUT2D eigenvalue weighted by Gasteiger charge is 2.30.